The molecular weight excluding hydrogens is 324 g/mol. The molecule has 1 heterocycles. The fourth-order valence-corrected chi connectivity index (χ4v) is 2.45. The molecule has 0 radical (unpaired) electrons. The molecule has 0 aliphatic rings. The van der Waals surface area contributed by atoms with Gasteiger partial charge in [-0.15, -0.1) is 0 Å². The van der Waals surface area contributed by atoms with Crippen LogP contribution in [0.2, 0.25) is 0 Å². The summed E-state index contributed by atoms with van der Waals surface area (Å²) in [5.41, 5.74) is 3.44. The Morgan fingerprint density at radius 1 is 1.12 bits per heavy atom. The maximum atomic E-state index is 5.68. The predicted molar refractivity (Wildman–Crippen MR) is 107 cm³/mol. The van der Waals surface area contributed by atoms with Gasteiger partial charge in [0.1, 0.15) is 0 Å². The van der Waals surface area contributed by atoms with Crippen molar-refractivity contribution in [1.82, 2.24) is 15.6 Å². The van der Waals surface area contributed by atoms with E-state index in [2.05, 4.69) is 51.8 Å². The van der Waals surface area contributed by atoms with Gasteiger partial charge >= 0.3 is 0 Å². The van der Waals surface area contributed by atoms with E-state index in [1.54, 1.807) is 0 Å². The first-order valence-corrected chi connectivity index (χ1v) is 9.29. The Morgan fingerprint density at radius 2 is 1.96 bits per heavy atom. The van der Waals surface area contributed by atoms with Crippen LogP contribution in [-0.2, 0) is 24.3 Å². The van der Waals surface area contributed by atoms with E-state index in [-0.39, 0.29) is 6.10 Å². The Hall–Kier alpha value is -2.40. The third kappa shape index (κ3) is 7.66. The van der Waals surface area contributed by atoms with Gasteiger partial charge in [0.2, 0.25) is 0 Å². The van der Waals surface area contributed by atoms with Gasteiger partial charge in [-0.1, -0.05) is 30.3 Å². The molecule has 5 nitrogen and oxygen atoms in total. The second-order valence-electron chi connectivity index (χ2n) is 6.37. The van der Waals surface area contributed by atoms with E-state index in [0.29, 0.717) is 13.2 Å². The van der Waals surface area contributed by atoms with E-state index in [0.717, 1.165) is 31.2 Å². The fraction of sp³-hybridized carbons (Fsp3) is 0.429. The van der Waals surface area contributed by atoms with E-state index >= 15 is 0 Å². The summed E-state index contributed by atoms with van der Waals surface area (Å²) in [6.07, 6.45) is 2.93. The van der Waals surface area contributed by atoms with Crippen LogP contribution in [0, 0.1) is 0 Å². The maximum Gasteiger partial charge on any atom is 0.191 e. The molecule has 0 amide bonds. The van der Waals surface area contributed by atoms with Crippen molar-refractivity contribution in [3.05, 3.63) is 65.5 Å². The lowest BCUT2D eigenvalue weighted by molar-refractivity contribution is 0.0657. The highest BCUT2D eigenvalue weighted by atomic mass is 16.5. The SMILES string of the molecule is CCNC(=NCc1cccc(COC(C)C)c1)NCCc1ccccn1. The molecule has 0 saturated heterocycles. The first-order valence-electron chi connectivity index (χ1n) is 9.29. The molecule has 0 unspecified atom stereocenters. The minimum absolute atomic E-state index is 0.236. The Balaban J connectivity index is 1.88. The zero-order chi connectivity index (χ0) is 18.6. The monoisotopic (exact) mass is 354 g/mol. The molecular formula is C21H30N4O. The van der Waals surface area contributed by atoms with Crippen molar-refractivity contribution < 1.29 is 4.74 Å². The molecule has 0 bridgehead atoms. The van der Waals surface area contributed by atoms with E-state index in [1.807, 2.05) is 38.2 Å². The van der Waals surface area contributed by atoms with Crippen molar-refractivity contribution in [3.63, 3.8) is 0 Å². The Labute approximate surface area is 156 Å². The number of aromatic nitrogens is 1. The van der Waals surface area contributed by atoms with Gasteiger partial charge in [0.15, 0.2) is 5.96 Å². The molecule has 0 aliphatic carbocycles. The van der Waals surface area contributed by atoms with Crippen molar-refractivity contribution >= 4 is 5.96 Å². The van der Waals surface area contributed by atoms with Crippen molar-refractivity contribution in [2.24, 2.45) is 4.99 Å². The zero-order valence-electron chi connectivity index (χ0n) is 16.0. The number of hydrogen-bond donors (Lipinski definition) is 2. The molecule has 1 aromatic heterocycles. The summed E-state index contributed by atoms with van der Waals surface area (Å²) in [4.78, 5) is 9.03. The third-order valence-corrected chi connectivity index (χ3v) is 3.74. The standard InChI is InChI=1S/C21H30N4O/c1-4-22-21(24-13-11-20-10-5-6-12-23-20)25-15-18-8-7-9-19(14-18)16-26-17(2)3/h5-10,12,14,17H,4,11,13,15-16H2,1-3H3,(H2,22,24,25). The maximum absolute atomic E-state index is 5.68. The molecule has 0 saturated carbocycles. The van der Waals surface area contributed by atoms with Crippen molar-refractivity contribution in [1.29, 1.82) is 0 Å². The van der Waals surface area contributed by atoms with Crippen LogP contribution in [-0.4, -0.2) is 30.1 Å². The van der Waals surface area contributed by atoms with Gasteiger partial charge in [-0.2, -0.15) is 0 Å². The molecule has 0 atom stereocenters. The number of hydrogen-bond acceptors (Lipinski definition) is 3. The van der Waals surface area contributed by atoms with Crippen LogP contribution in [0.5, 0.6) is 0 Å². The zero-order valence-corrected chi connectivity index (χ0v) is 16.0. The number of nitrogens with one attached hydrogen (secondary N) is 2. The highest BCUT2D eigenvalue weighted by molar-refractivity contribution is 5.79. The number of benzene rings is 1. The van der Waals surface area contributed by atoms with Crippen molar-refractivity contribution in [2.45, 2.75) is 46.4 Å². The molecule has 2 N–H and O–H groups in total. The molecule has 26 heavy (non-hydrogen) atoms. The third-order valence-electron chi connectivity index (χ3n) is 3.74. The normalized spacial score (nSPS) is 11.6. The number of aliphatic imine (C=N–C) groups is 1. The van der Waals surface area contributed by atoms with Gasteiger partial charge < -0.3 is 15.4 Å². The lowest BCUT2D eigenvalue weighted by atomic mass is 10.1. The summed E-state index contributed by atoms with van der Waals surface area (Å²) in [5.74, 6) is 0.826. The second-order valence-corrected chi connectivity index (χ2v) is 6.37. The van der Waals surface area contributed by atoms with E-state index in [1.165, 1.54) is 11.1 Å². The average molecular weight is 354 g/mol. The number of rotatable bonds is 9. The largest absolute Gasteiger partial charge is 0.374 e. The van der Waals surface area contributed by atoms with Crippen LogP contribution < -0.4 is 10.6 Å². The number of nitrogens with zero attached hydrogens (tertiary/aromatic N) is 2. The molecule has 0 aliphatic heterocycles. The molecule has 5 heteroatoms. The summed E-state index contributed by atoms with van der Waals surface area (Å²) in [5, 5.41) is 6.66. The highest BCUT2D eigenvalue weighted by Crippen LogP contribution is 2.09. The number of guanidine groups is 1. The first-order chi connectivity index (χ1) is 12.7. The lowest BCUT2D eigenvalue weighted by Gasteiger charge is -2.12. The van der Waals surface area contributed by atoms with Gasteiger partial charge in [-0.25, -0.2) is 4.99 Å². The Bertz CT molecular complexity index is 671. The summed E-state index contributed by atoms with van der Waals surface area (Å²) < 4.78 is 5.68. The molecule has 2 rings (SSSR count). The van der Waals surface area contributed by atoms with E-state index in [9.17, 15) is 0 Å². The summed E-state index contributed by atoms with van der Waals surface area (Å²) >= 11 is 0. The first kappa shape index (κ1) is 19.9. The van der Waals surface area contributed by atoms with Gasteiger partial charge in [0, 0.05) is 31.4 Å². The quantitative estimate of drug-likeness (QED) is 0.536. The van der Waals surface area contributed by atoms with Crippen LogP contribution >= 0.6 is 0 Å². The summed E-state index contributed by atoms with van der Waals surface area (Å²) in [7, 11) is 0. The minimum atomic E-state index is 0.236. The fourth-order valence-electron chi connectivity index (χ4n) is 2.45. The highest BCUT2D eigenvalue weighted by Gasteiger charge is 2.01. The van der Waals surface area contributed by atoms with Gasteiger partial charge in [-0.3, -0.25) is 4.98 Å². The number of ether oxygens (including phenoxy) is 1. The van der Waals surface area contributed by atoms with Crippen LogP contribution in [0.25, 0.3) is 0 Å². The number of pyridine rings is 1. The molecule has 1 aromatic carbocycles. The summed E-state index contributed by atoms with van der Waals surface area (Å²) in [6, 6.07) is 14.4. The van der Waals surface area contributed by atoms with Crippen molar-refractivity contribution in [2.75, 3.05) is 13.1 Å². The second kappa shape index (κ2) is 11.3. The molecule has 0 spiro atoms. The Morgan fingerprint density at radius 3 is 2.69 bits per heavy atom. The Kier molecular flexibility index (Phi) is 8.63. The van der Waals surface area contributed by atoms with Crippen LogP contribution in [0.1, 0.15) is 37.6 Å². The smallest absolute Gasteiger partial charge is 0.191 e. The van der Waals surface area contributed by atoms with Crippen LogP contribution in [0.3, 0.4) is 0 Å². The van der Waals surface area contributed by atoms with E-state index < -0.39 is 0 Å². The topological polar surface area (TPSA) is 58.5 Å². The van der Waals surface area contributed by atoms with Crippen LogP contribution in [0.15, 0.2) is 53.7 Å². The minimum Gasteiger partial charge on any atom is -0.374 e. The molecule has 2 aromatic rings. The van der Waals surface area contributed by atoms with Gasteiger partial charge in [0.25, 0.3) is 0 Å². The summed E-state index contributed by atoms with van der Waals surface area (Å²) in [6.45, 7) is 9.07. The van der Waals surface area contributed by atoms with Crippen molar-refractivity contribution in [3.8, 4) is 0 Å². The van der Waals surface area contributed by atoms with Gasteiger partial charge in [-0.05, 0) is 44.0 Å². The van der Waals surface area contributed by atoms with Gasteiger partial charge in [0.05, 0.1) is 19.3 Å². The van der Waals surface area contributed by atoms with E-state index in [4.69, 9.17) is 4.74 Å². The predicted octanol–water partition coefficient (Wildman–Crippen LogP) is 3.30. The lowest BCUT2D eigenvalue weighted by Crippen LogP contribution is -2.38. The average Bonchev–Trinajstić information content (AvgIpc) is 2.65. The molecule has 140 valence electrons. The molecule has 0 fully saturated rings. The van der Waals surface area contributed by atoms with Crippen LogP contribution in [0.4, 0.5) is 0 Å².